The predicted molar refractivity (Wildman–Crippen MR) is 118 cm³/mol. The van der Waals surface area contributed by atoms with Crippen LogP contribution >= 0.6 is 0 Å². The Balaban J connectivity index is 1.63. The summed E-state index contributed by atoms with van der Waals surface area (Å²) in [5.74, 6) is 0.297. The quantitative estimate of drug-likeness (QED) is 0.510. The first-order chi connectivity index (χ1) is 15.0. The summed E-state index contributed by atoms with van der Waals surface area (Å²) in [4.78, 5) is 33.0. The molecule has 1 aliphatic heterocycles. The number of hydrogen-bond acceptors (Lipinski definition) is 4. The van der Waals surface area contributed by atoms with Crippen molar-refractivity contribution in [3.8, 4) is 0 Å². The first kappa shape index (κ1) is 19.3. The van der Waals surface area contributed by atoms with Crippen molar-refractivity contribution in [2.45, 2.75) is 26.4 Å². The smallest absolute Gasteiger partial charge is 0.310 e. The summed E-state index contributed by atoms with van der Waals surface area (Å²) < 4.78 is 17.7. The van der Waals surface area contributed by atoms with Gasteiger partial charge in [0, 0.05) is 25.8 Å². The molecule has 8 heteroatoms. The molecule has 0 bridgehead atoms. The van der Waals surface area contributed by atoms with Crippen LogP contribution in [0.25, 0.3) is 11.2 Å². The predicted octanol–water partition coefficient (Wildman–Crippen LogP) is 2.80. The van der Waals surface area contributed by atoms with Gasteiger partial charge < -0.3 is 9.47 Å². The molecule has 0 spiro atoms. The summed E-state index contributed by atoms with van der Waals surface area (Å²) in [6, 6.07) is 14.1. The molecule has 2 aromatic carbocycles. The van der Waals surface area contributed by atoms with Crippen LogP contribution in [0, 0.1) is 5.82 Å². The zero-order valence-electron chi connectivity index (χ0n) is 17.4. The highest BCUT2D eigenvalue weighted by Crippen LogP contribution is 2.31. The molecule has 7 nitrogen and oxygen atoms in total. The minimum Gasteiger partial charge on any atom is -0.310 e. The summed E-state index contributed by atoms with van der Waals surface area (Å²) >= 11 is 0. The van der Waals surface area contributed by atoms with Crippen LogP contribution in [0.15, 0.2) is 58.1 Å². The molecule has 0 aliphatic carbocycles. The Hall–Kier alpha value is -3.68. The first-order valence-corrected chi connectivity index (χ1v) is 10.3. The van der Waals surface area contributed by atoms with Crippen molar-refractivity contribution in [3.63, 3.8) is 0 Å². The molecule has 0 unspecified atom stereocenters. The molecule has 0 amide bonds. The van der Waals surface area contributed by atoms with E-state index in [9.17, 15) is 14.0 Å². The van der Waals surface area contributed by atoms with Gasteiger partial charge in [-0.2, -0.15) is 4.98 Å². The molecule has 0 atom stereocenters. The maximum Gasteiger partial charge on any atom is 0.332 e. The maximum absolute atomic E-state index is 13.3. The number of halogens is 1. The van der Waals surface area contributed by atoms with Crippen LogP contribution in [0.5, 0.6) is 0 Å². The number of rotatable bonds is 4. The van der Waals surface area contributed by atoms with E-state index in [4.69, 9.17) is 0 Å². The highest BCUT2D eigenvalue weighted by Gasteiger charge is 2.28. The summed E-state index contributed by atoms with van der Waals surface area (Å²) in [5.41, 5.74) is 2.88. The van der Waals surface area contributed by atoms with Gasteiger partial charge in [0.1, 0.15) is 5.82 Å². The van der Waals surface area contributed by atoms with Crippen LogP contribution in [-0.2, 0) is 26.6 Å². The zero-order valence-corrected chi connectivity index (χ0v) is 17.4. The van der Waals surface area contributed by atoms with Crippen molar-refractivity contribution in [1.82, 2.24) is 18.7 Å². The Morgan fingerprint density at radius 3 is 2.32 bits per heavy atom. The summed E-state index contributed by atoms with van der Waals surface area (Å²) in [7, 11) is 1.62. The molecule has 1 aliphatic rings. The van der Waals surface area contributed by atoms with Crippen molar-refractivity contribution in [3.05, 3.63) is 86.3 Å². The molecular weight excluding hydrogens is 397 g/mol. The lowest BCUT2D eigenvalue weighted by Crippen LogP contribution is -2.40. The SMILES string of the molecule is CCc1ccc(N2CCn3c2nc2c3c(=O)n(Cc3ccc(F)cc3)c(=O)n2C)cc1. The first-order valence-electron chi connectivity index (χ1n) is 10.3. The van der Waals surface area contributed by atoms with Crippen LogP contribution in [-0.4, -0.2) is 25.2 Å². The number of benzene rings is 2. The van der Waals surface area contributed by atoms with Gasteiger partial charge in [0.15, 0.2) is 11.2 Å². The third-order valence-electron chi connectivity index (χ3n) is 5.91. The Morgan fingerprint density at radius 1 is 0.968 bits per heavy atom. The van der Waals surface area contributed by atoms with Crippen molar-refractivity contribution in [2.75, 3.05) is 11.4 Å². The second-order valence-corrected chi connectivity index (χ2v) is 7.77. The van der Waals surface area contributed by atoms with E-state index < -0.39 is 5.69 Å². The Labute approximate surface area is 177 Å². The lowest BCUT2D eigenvalue weighted by Gasteiger charge is -2.16. The molecule has 5 rings (SSSR count). The summed E-state index contributed by atoms with van der Waals surface area (Å²) in [6.45, 7) is 3.49. The molecule has 2 aromatic heterocycles. The van der Waals surface area contributed by atoms with E-state index in [1.165, 1.54) is 26.8 Å². The molecular formula is C23H22FN5O2. The number of imidazole rings is 1. The van der Waals surface area contributed by atoms with Crippen LogP contribution in [0.3, 0.4) is 0 Å². The van der Waals surface area contributed by atoms with Crippen molar-refractivity contribution in [2.24, 2.45) is 7.05 Å². The van der Waals surface area contributed by atoms with E-state index in [1.54, 1.807) is 19.2 Å². The number of nitrogens with zero attached hydrogens (tertiary/aromatic N) is 5. The lowest BCUT2D eigenvalue weighted by molar-refractivity contribution is 0.623. The van der Waals surface area contributed by atoms with Gasteiger partial charge in [-0.1, -0.05) is 31.2 Å². The van der Waals surface area contributed by atoms with Crippen molar-refractivity contribution < 1.29 is 4.39 Å². The maximum atomic E-state index is 13.3. The molecule has 0 fully saturated rings. The average molecular weight is 419 g/mol. The monoisotopic (exact) mass is 419 g/mol. The summed E-state index contributed by atoms with van der Waals surface area (Å²) in [6.07, 6.45) is 0.967. The number of anilines is 2. The van der Waals surface area contributed by atoms with Crippen LogP contribution < -0.4 is 16.1 Å². The topological polar surface area (TPSA) is 65.1 Å². The van der Waals surface area contributed by atoms with E-state index in [0.29, 0.717) is 35.8 Å². The molecule has 158 valence electrons. The summed E-state index contributed by atoms with van der Waals surface area (Å²) in [5, 5.41) is 0. The van der Waals surface area contributed by atoms with Crippen LogP contribution in [0.4, 0.5) is 16.0 Å². The van der Waals surface area contributed by atoms with E-state index in [0.717, 1.165) is 12.1 Å². The van der Waals surface area contributed by atoms with E-state index >= 15 is 0 Å². The molecule has 31 heavy (non-hydrogen) atoms. The highest BCUT2D eigenvalue weighted by atomic mass is 19.1. The van der Waals surface area contributed by atoms with E-state index in [2.05, 4.69) is 41.1 Å². The van der Waals surface area contributed by atoms with Crippen LogP contribution in [0.2, 0.25) is 0 Å². The Kier molecular flexibility index (Phi) is 4.50. The fourth-order valence-electron chi connectivity index (χ4n) is 4.15. The minimum atomic E-state index is -0.447. The molecule has 0 radical (unpaired) electrons. The van der Waals surface area contributed by atoms with Gasteiger partial charge >= 0.3 is 5.69 Å². The number of aryl methyl sites for hydroxylation is 2. The highest BCUT2D eigenvalue weighted by molar-refractivity contribution is 5.77. The standard InChI is InChI=1S/C23H22FN5O2/c1-3-15-6-10-18(11-7-15)27-12-13-28-19-20(25-22(27)28)26(2)23(31)29(21(19)30)14-16-4-8-17(24)9-5-16/h4-11H,3,12-14H2,1-2H3. The fourth-order valence-corrected chi connectivity index (χ4v) is 4.15. The second-order valence-electron chi connectivity index (χ2n) is 7.77. The lowest BCUT2D eigenvalue weighted by atomic mass is 10.1. The molecule has 4 aromatic rings. The molecule has 0 N–H and O–H groups in total. The Morgan fingerprint density at radius 2 is 1.65 bits per heavy atom. The normalized spacial score (nSPS) is 13.2. The molecule has 3 heterocycles. The second kappa shape index (κ2) is 7.23. The van der Waals surface area contributed by atoms with Crippen LogP contribution in [0.1, 0.15) is 18.1 Å². The Bertz CT molecular complexity index is 1400. The van der Waals surface area contributed by atoms with Gasteiger partial charge in [0.25, 0.3) is 5.56 Å². The third-order valence-corrected chi connectivity index (χ3v) is 5.91. The molecule has 0 saturated carbocycles. The number of fused-ring (bicyclic) bond motifs is 3. The van der Waals surface area contributed by atoms with Crippen molar-refractivity contribution >= 4 is 22.8 Å². The minimum absolute atomic E-state index is 0.0738. The van der Waals surface area contributed by atoms with E-state index in [-0.39, 0.29) is 17.9 Å². The van der Waals surface area contributed by atoms with Gasteiger partial charge in [-0.25, -0.2) is 9.18 Å². The fraction of sp³-hybridized carbons (Fsp3) is 0.261. The number of aromatic nitrogens is 4. The largest absolute Gasteiger partial charge is 0.332 e. The van der Waals surface area contributed by atoms with Gasteiger partial charge in [-0.05, 0) is 41.8 Å². The zero-order chi connectivity index (χ0) is 21.7. The van der Waals surface area contributed by atoms with Gasteiger partial charge in [0.2, 0.25) is 5.95 Å². The van der Waals surface area contributed by atoms with Gasteiger partial charge in [-0.15, -0.1) is 0 Å². The third kappa shape index (κ3) is 3.06. The number of hydrogen-bond donors (Lipinski definition) is 0. The van der Waals surface area contributed by atoms with Gasteiger partial charge in [0.05, 0.1) is 6.54 Å². The van der Waals surface area contributed by atoms with E-state index in [1.807, 2.05) is 4.57 Å². The van der Waals surface area contributed by atoms with Crippen molar-refractivity contribution in [1.29, 1.82) is 0 Å². The molecule has 0 saturated heterocycles. The van der Waals surface area contributed by atoms with Gasteiger partial charge in [-0.3, -0.25) is 13.9 Å². The average Bonchev–Trinajstić information content (AvgIpc) is 3.36.